The van der Waals surface area contributed by atoms with Gasteiger partial charge >= 0.3 is 18.2 Å². The number of ether oxygens (including phenoxy) is 3. The van der Waals surface area contributed by atoms with Gasteiger partial charge in [0.15, 0.2) is 0 Å². The molecule has 8 rings (SSSR count). The molecule has 4 atom stereocenters. The number of nitrogens with one attached hydrogen (secondary N) is 2. The zero-order valence-corrected chi connectivity index (χ0v) is 39.2. The number of rotatable bonds is 6. The summed E-state index contributed by atoms with van der Waals surface area (Å²) in [5, 5.41) is 4.77. The van der Waals surface area contributed by atoms with Crippen LogP contribution < -0.4 is 15.6 Å². The third-order valence-corrected chi connectivity index (χ3v) is 13.3. The van der Waals surface area contributed by atoms with Crippen molar-refractivity contribution in [3.63, 3.8) is 0 Å². The number of anilines is 1. The number of cyclic esters (lactones) is 1. The first-order valence-electron chi connectivity index (χ1n) is 23.3. The Morgan fingerprint density at radius 1 is 1.00 bits per heavy atom. The zero-order chi connectivity index (χ0) is 47.1. The summed E-state index contributed by atoms with van der Waals surface area (Å²) in [5.41, 5.74) is 7.10. The number of benzene rings is 2. The van der Waals surface area contributed by atoms with Gasteiger partial charge in [-0.3, -0.25) is 24.5 Å². The Labute approximate surface area is 385 Å². The van der Waals surface area contributed by atoms with Crippen LogP contribution in [0.3, 0.4) is 0 Å². The summed E-state index contributed by atoms with van der Waals surface area (Å²) in [7, 11) is 1.57. The molecule has 2 aromatic carbocycles. The molecule has 0 saturated carbocycles. The van der Waals surface area contributed by atoms with Crippen molar-refractivity contribution < 1.29 is 41.8 Å². The van der Waals surface area contributed by atoms with Crippen LogP contribution in [-0.4, -0.2) is 114 Å². The minimum atomic E-state index is -4.58. The van der Waals surface area contributed by atoms with Crippen LogP contribution in [0.5, 0.6) is 0 Å². The minimum absolute atomic E-state index is 0.0564. The molecule has 3 saturated heterocycles. The van der Waals surface area contributed by atoms with Gasteiger partial charge < -0.3 is 29.0 Å². The van der Waals surface area contributed by atoms with E-state index in [2.05, 4.69) is 20.5 Å². The van der Waals surface area contributed by atoms with Crippen molar-refractivity contribution in [3.8, 4) is 22.4 Å². The molecule has 0 aliphatic carbocycles. The predicted molar refractivity (Wildman–Crippen MR) is 247 cm³/mol. The lowest BCUT2D eigenvalue weighted by atomic mass is 9.84. The molecule has 13 nitrogen and oxygen atoms in total. The fraction of sp³-hybridized carbons (Fsp3) is 0.560. The number of hydrogen-bond acceptors (Lipinski definition) is 10. The average molecular weight is 916 g/mol. The lowest BCUT2D eigenvalue weighted by Crippen LogP contribution is -2.60. The Morgan fingerprint density at radius 3 is 2.55 bits per heavy atom. The molecule has 2 amide bonds. The summed E-state index contributed by atoms with van der Waals surface area (Å²) in [4.78, 5) is 51.1. The van der Waals surface area contributed by atoms with Gasteiger partial charge in [-0.1, -0.05) is 50.6 Å². The standard InChI is InChI=1S/C50H64F3N7O6/c1-31(64-7)43-38(25-36(27-54-43)58-21-20-57-18-9-8-14-35(57)28-58)44-39-26-49(5,6)30-65-46(62)40-15-11-19-60(56-40)45(61)41(55-47(63)66-48(2,3)4)23-32-12-10-13-33(22-32)34-16-17-42(37(39)24-34)59(44)29-50(51,52)53/h10,12-13,16-17,22,24-25,27,31,35,40-41,56H,8-9,11,14-15,18-21,23,26,28-30H2,1-7H3,(H,55,63)/t31-,35+,40-,41-/m0/s1. The number of piperidine rings is 1. The van der Waals surface area contributed by atoms with Gasteiger partial charge in [-0.2, -0.15) is 13.2 Å². The average Bonchev–Trinajstić information content (AvgIpc) is 3.55. The van der Waals surface area contributed by atoms with Crippen molar-refractivity contribution in [3.05, 3.63) is 71.5 Å². The first-order valence-corrected chi connectivity index (χ1v) is 23.3. The fourth-order valence-electron chi connectivity index (χ4n) is 10.1. The Balaban J connectivity index is 1.30. The van der Waals surface area contributed by atoms with Crippen LogP contribution in [0.1, 0.15) is 96.6 Å². The summed E-state index contributed by atoms with van der Waals surface area (Å²) < 4.78 is 64.0. The molecule has 3 fully saturated rings. The maximum absolute atomic E-state index is 15.0. The second-order valence-electron chi connectivity index (χ2n) is 20.3. The van der Waals surface area contributed by atoms with Crippen LogP contribution >= 0.6 is 0 Å². The Kier molecular flexibility index (Phi) is 13.5. The highest BCUT2D eigenvalue weighted by atomic mass is 19.4. The lowest BCUT2D eigenvalue weighted by molar-refractivity contribution is -0.155. The van der Waals surface area contributed by atoms with Gasteiger partial charge in [0.2, 0.25) is 0 Å². The molecule has 4 aromatic rings. The molecule has 2 aromatic heterocycles. The van der Waals surface area contributed by atoms with E-state index >= 15 is 13.2 Å². The van der Waals surface area contributed by atoms with Gasteiger partial charge in [-0.15, -0.1) is 0 Å². The van der Waals surface area contributed by atoms with Crippen molar-refractivity contribution in [1.82, 2.24) is 30.2 Å². The van der Waals surface area contributed by atoms with Crippen molar-refractivity contribution in [1.29, 1.82) is 0 Å². The highest BCUT2D eigenvalue weighted by molar-refractivity contribution is 5.96. The van der Waals surface area contributed by atoms with E-state index in [1.54, 1.807) is 33.9 Å². The molecule has 0 unspecified atom stereocenters. The number of fused-ring (bicyclic) bond motifs is 7. The van der Waals surface area contributed by atoms with Crippen LogP contribution in [0.15, 0.2) is 54.7 Å². The number of nitrogens with zero attached hydrogens (tertiary/aromatic N) is 5. The van der Waals surface area contributed by atoms with E-state index in [4.69, 9.17) is 19.2 Å². The summed E-state index contributed by atoms with van der Waals surface area (Å²) in [6.45, 7) is 13.5. The number of esters is 1. The molecule has 0 radical (unpaired) electrons. The van der Waals surface area contributed by atoms with E-state index in [0.29, 0.717) is 58.8 Å². The van der Waals surface area contributed by atoms with E-state index in [-0.39, 0.29) is 19.4 Å². The maximum Gasteiger partial charge on any atom is 0.408 e. The number of hydrogen-bond donors (Lipinski definition) is 2. The second kappa shape index (κ2) is 18.8. The highest BCUT2D eigenvalue weighted by Gasteiger charge is 2.38. The third kappa shape index (κ3) is 10.7. The number of alkyl halides is 3. The molecule has 0 spiro atoms. The lowest BCUT2D eigenvalue weighted by Gasteiger charge is -2.45. The van der Waals surface area contributed by atoms with Crippen LogP contribution in [0.25, 0.3) is 33.3 Å². The van der Waals surface area contributed by atoms with Gasteiger partial charge in [0.05, 0.1) is 36.0 Å². The smallest absolute Gasteiger partial charge is 0.408 e. The van der Waals surface area contributed by atoms with Crippen molar-refractivity contribution in [2.45, 2.75) is 129 Å². The van der Waals surface area contributed by atoms with E-state index in [1.165, 1.54) is 22.4 Å². The Morgan fingerprint density at radius 2 is 1.79 bits per heavy atom. The summed E-state index contributed by atoms with van der Waals surface area (Å²) >= 11 is 0. The molecule has 2 N–H and O–H groups in total. The maximum atomic E-state index is 15.0. The molecule has 66 heavy (non-hydrogen) atoms. The number of carbonyl (C=O) groups is 3. The van der Waals surface area contributed by atoms with Crippen molar-refractivity contribution in [2.75, 3.05) is 51.3 Å². The third-order valence-electron chi connectivity index (χ3n) is 13.3. The van der Waals surface area contributed by atoms with E-state index in [0.717, 1.165) is 55.0 Å². The van der Waals surface area contributed by atoms with Crippen molar-refractivity contribution in [2.24, 2.45) is 5.41 Å². The number of aromatic nitrogens is 2. The normalized spacial score (nSPS) is 22.6. The molecule has 4 aliphatic rings. The van der Waals surface area contributed by atoms with Gasteiger partial charge in [0.1, 0.15) is 24.2 Å². The minimum Gasteiger partial charge on any atom is -0.464 e. The molecule has 356 valence electrons. The van der Waals surface area contributed by atoms with Gasteiger partial charge in [0.25, 0.3) is 5.91 Å². The summed E-state index contributed by atoms with van der Waals surface area (Å²) in [6, 6.07) is 13.6. The molecule has 6 heterocycles. The molecule has 6 bridgehead atoms. The number of hydrazine groups is 1. The fourth-order valence-corrected chi connectivity index (χ4v) is 10.1. The van der Waals surface area contributed by atoms with Gasteiger partial charge in [-0.05, 0) is 107 Å². The number of halogens is 3. The monoisotopic (exact) mass is 915 g/mol. The number of piperazine rings is 1. The number of alkyl carbamates (subject to hydrolysis) is 1. The zero-order valence-electron chi connectivity index (χ0n) is 39.2. The number of amides is 2. The van der Waals surface area contributed by atoms with Gasteiger partial charge in [0, 0.05) is 67.6 Å². The first-order chi connectivity index (χ1) is 31.3. The predicted octanol–water partition coefficient (Wildman–Crippen LogP) is 8.37. The number of pyridine rings is 1. The molecule has 16 heteroatoms. The highest BCUT2D eigenvalue weighted by Crippen LogP contribution is 2.44. The Hall–Kier alpha value is -5.19. The molecule has 4 aliphatic heterocycles. The Bertz CT molecular complexity index is 2450. The summed E-state index contributed by atoms with van der Waals surface area (Å²) in [5.74, 6) is -0.994. The van der Waals surface area contributed by atoms with Gasteiger partial charge in [-0.25, -0.2) is 10.2 Å². The van der Waals surface area contributed by atoms with E-state index in [9.17, 15) is 14.4 Å². The van der Waals surface area contributed by atoms with Crippen molar-refractivity contribution >= 4 is 34.6 Å². The number of methoxy groups -OCH3 is 1. The van der Waals surface area contributed by atoms with Crippen LogP contribution in [-0.2, 0) is 43.2 Å². The largest absolute Gasteiger partial charge is 0.464 e. The topological polar surface area (TPSA) is 130 Å². The second-order valence-corrected chi connectivity index (χ2v) is 20.3. The SMILES string of the molecule is CO[C@@H](C)c1ncc(N2CCN3CCCC[C@@H]3C2)cc1-c1c2c3cc(ccc3n1CC(F)(F)F)-c1cccc(c1)C[C@H](NC(=O)OC(C)(C)C)C(=O)N1CCC[C@H](N1)C(=O)OCC(C)(C)C2. The van der Waals surface area contributed by atoms with Crippen LogP contribution in [0.2, 0.25) is 0 Å². The van der Waals surface area contributed by atoms with E-state index in [1.807, 2.05) is 69.4 Å². The van der Waals surface area contributed by atoms with Crippen LogP contribution in [0.4, 0.5) is 23.7 Å². The van der Waals surface area contributed by atoms with Crippen LogP contribution in [0, 0.1) is 5.41 Å². The summed E-state index contributed by atoms with van der Waals surface area (Å²) in [6.07, 6.45) is 0.631. The number of carbonyl (C=O) groups excluding carboxylic acids is 3. The van der Waals surface area contributed by atoms with E-state index < -0.39 is 59.9 Å². The molecular formula is C50H64F3N7O6. The quantitative estimate of drug-likeness (QED) is 0.182. The first kappa shape index (κ1) is 47.3. The molecular weight excluding hydrogens is 852 g/mol.